The van der Waals surface area contributed by atoms with Crippen molar-refractivity contribution >= 4 is 11.3 Å². The number of hydrogen-bond acceptors (Lipinski definition) is 1. The molecular formula is C18H20S. The zero-order chi connectivity index (χ0) is 12.0. The summed E-state index contributed by atoms with van der Waals surface area (Å²) in [5, 5.41) is 0. The van der Waals surface area contributed by atoms with Crippen LogP contribution in [0.1, 0.15) is 48.3 Å². The second kappa shape index (κ2) is 2.47. The fraction of sp³-hybridized carbons (Fsp3) is 0.778. The highest BCUT2D eigenvalue weighted by atomic mass is 32.1. The fourth-order valence-electron chi connectivity index (χ4n) is 7.57. The number of fused-ring (bicyclic) bond motifs is 4. The summed E-state index contributed by atoms with van der Waals surface area (Å²) in [6.07, 6.45) is 9.26. The molecule has 0 bridgehead atoms. The van der Waals surface area contributed by atoms with Gasteiger partial charge < -0.3 is 0 Å². The molecule has 0 N–H and O–H groups in total. The van der Waals surface area contributed by atoms with Gasteiger partial charge in [0.15, 0.2) is 0 Å². The summed E-state index contributed by atoms with van der Waals surface area (Å²) >= 11 is 2.27. The molecule has 4 unspecified atom stereocenters. The van der Waals surface area contributed by atoms with E-state index in [1.54, 1.807) is 25.7 Å². The normalized spacial score (nSPS) is 65.1. The standard InChI is InChI=1S/C18H20S/c1-3-9-15-10(4-1)17(9,15)13-7-8-14(19-13)18-11-5-2-6-12(18)16(11)18/h7-12,15-16H,1-6H2. The molecule has 6 saturated carbocycles. The van der Waals surface area contributed by atoms with E-state index in [1.807, 2.05) is 9.75 Å². The van der Waals surface area contributed by atoms with Crippen molar-refractivity contribution in [3.05, 3.63) is 21.9 Å². The van der Waals surface area contributed by atoms with Gasteiger partial charge >= 0.3 is 0 Å². The Morgan fingerprint density at radius 1 is 0.737 bits per heavy atom. The predicted molar refractivity (Wildman–Crippen MR) is 76.3 cm³/mol. The third kappa shape index (κ3) is 0.742. The van der Waals surface area contributed by atoms with Gasteiger partial charge in [-0.3, -0.25) is 0 Å². The van der Waals surface area contributed by atoms with E-state index in [1.165, 1.54) is 12.8 Å². The molecule has 0 amide bonds. The summed E-state index contributed by atoms with van der Waals surface area (Å²) in [7, 11) is 0. The van der Waals surface area contributed by atoms with Crippen molar-refractivity contribution in [2.24, 2.45) is 35.5 Å². The maximum atomic E-state index is 2.57. The topological polar surface area (TPSA) is 0 Å². The van der Waals surface area contributed by atoms with Gasteiger partial charge in [0.25, 0.3) is 0 Å². The molecule has 0 saturated heterocycles. The average molecular weight is 268 g/mol. The van der Waals surface area contributed by atoms with E-state index >= 15 is 0 Å². The lowest BCUT2D eigenvalue weighted by atomic mass is 9.81. The van der Waals surface area contributed by atoms with Crippen LogP contribution < -0.4 is 0 Å². The molecule has 0 nitrogen and oxygen atoms in total. The number of thiophene rings is 1. The van der Waals surface area contributed by atoms with E-state index < -0.39 is 0 Å². The van der Waals surface area contributed by atoms with E-state index in [0.717, 1.165) is 46.3 Å². The minimum absolute atomic E-state index is 0.770. The maximum absolute atomic E-state index is 2.57. The van der Waals surface area contributed by atoms with Crippen molar-refractivity contribution in [2.45, 2.75) is 49.4 Å². The zero-order valence-electron chi connectivity index (χ0n) is 11.3. The summed E-state index contributed by atoms with van der Waals surface area (Å²) in [6, 6.07) is 5.13. The molecule has 98 valence electrons. The van der Waals surface area contributed by atoms with Gasteiger partial charge in [0.1, 0.15) is 0 Å². The Morgan fingerprint density at radius 2 is 1.16 bits per heavy atom. The Balaban J connectivity index is 1.29. The molecule has 0 spiro atoms. The molecule has 1 aromatic heterocycles. The highest BCUT2D eigenvalue weighted by Gasteiger charge is 2.89. The first-order chi connectivity index (χ1) is 9.41. The van der Waals surface area contributed by atoms with E-state index in [0.29, 0.717) is 0 Å². The monoisotopic (exact) mass is 268 g/mol. The third-order valence-corrected chi connectivity index (χ3v) is 9.79. The van der Waals surface area contributed by atoms with Crippen LogP contribution in [0, 0.1) is 35.5 Å². The van der Waals surface area contributed by atoms with E-state index in [4.69, 9.17) is 0 Å². The molecule has 6 aliphatic rings. The molecule has 0 aromatic carbocycles. The molecule has 1 heteroatoms. The summed E-state index contributed by atoms with van der Waals surface area (Å²) < 4.78 is 0. The Bertz CT molecular complexity index is 530. The van der Waals surface area contributed by atoms with Crippen molar-refractivity contribution in [1.82, 2.24) is 0 Å². The molecule has 6 fully saturated rings. The lowest BCUT2D eigenvalue weighted by Gasteiger charge is -2.25. The number of rotatable bonds is 2. The molecule has 7 rings (SSSR count). The van der Waals surface area contributed by atoms with Crippen LogP contribution in [0.15, 0.2) is 12.1 Å². The smallest absolute Gasteiger partial charge is 0.0144 e. The summed E-state index contributed by atoms with van der Waals surface area (Å²) in [4.78, 5) is 3.65. The first-order valence-corrected chi connectivity index (χ1v) is 9.33. The van der Waals surface area contributed by atoms with Crippen LogP contribution in [0.2, 0.25) is 0 Å². The second-order valence-corrected chi connectivity index (χ2v) is 9.45. The van der Waals surface area contributed by atoms with Gasteiger partial charge in [-0.25, -0.2) is 0 Å². The van der Waals surface area contributed by atoms with E-state index in [9.17, 15) is 0 Å². The first-order valence-electron chi connectivity index (χ1n) is 8.52. The Labute approximate surface area is 118 Å². The van der Waals surface area contributed by atoms with Crippen LogP contribution in [0.3, 0.4) is 0 Å². The molecule has 6 aliphatic carbocycles. The first kappa shape index (κ1) is 9.60. The summed E-state index contributed by atoms with van der Waals surface area (Å²) in [5.41, 5.74) is 1.54. The minimum atomic E-state index is 0.770. The molecule has 1 heterocycles. The van der Waals surface area contributed by atoms with Crippen molar-refractivity contribution in [3.8, 4) is 0 Å². The van der Waals surface area contributed by atoms with Gasteiger partial charge in [0.05, 0.1) is 0 Å². The van der Waals surface area contributed by atoms with Gasteiger partial charge in [-0.2, -0.15) is 0 Å². The largest absolute Gasteiger partial charge is 0.144 e. The summed E-state index contributed by atoms with van der Waals surface area (Å²) in [6.45, 7) is 0. The van der Waals surface area contributed by atoms with Crippen LogP contribution in [-0.4, -0.2) is 0 Å². The van der Waals surface area contributed by atoms with Crippen LogP contribution in [0.25, 0.3) is 0 Å². The second-order valence-electron chi connectivity index (χ2n) is 8.37. The molecule has 1 aromatic rings. The van der Waals surface area contributed by atoms with Crippen LogP contribution in [0.4, 0.5) is 0 Å². The quantitative estimate of drug-likeness (QED) is 0.748. The average Bonchev–Trinajstić information content (AvgIpc) is 3.42. The summed E-state index contributed by atoms with van der Waals surface area (Å²) in [5.74, 6) is 6.82. The Hall–Kier alpha value is -0.300. The third-order valence-electron chi connectivity index (χ3n) is 8.37. The lowest BCUT2D eigenvalue weighted by Crippen LogP contribution is -2.18. The highest BCUT2D eigenvalue weighted by Crippen LogP contribution is 2.91. The van der Waals surface area contributed by atoms with Crippen molar-refractivity contribution in [3.63, 3.8) is 0 Å². The van der Waals surface area contributed by atoms with Gasteiger partial charge in [-0.15, -0.1) is 11.3 Å². The minimum Gasteiger partial charge on any atom is -0.144 e. The van der Waals surface area contributed by atoms with Gasteiger partial charge in [-0.1, -0.05) is 12.8 Å². The molecular weight excluding hydrogens is 248 g/mol. The van der Waals surface area contributed by atoms with Gasteiger partial charge in [-0.05, 0) is 73.3 Å². The highest BCUT2D eigenvalue weighted by molar-refractivity contribution is 7.12. The fourth-order valence-corrected chi connectivity index (χ4v) is 9.31. The zero-order valence-corrected chi connectivity index (χ0v) is 12.1. The molecule has 4 atom stereocenters. The van der Waals surface area contributed by atoms with Gasteiger partial charge in [0, 0.05) is 20.6 Å². The predicted octanol–water partition coefficient (Wildman–Crippen LogP) is 4.34. The van der Waals surface area contributed by atoms with Crippen LogP contribution in [0.5, 0.6) is 0 Å². The van der Waals surface area contributed by atoms with Crippen molar-refractivity contribution in [2.75, 3.05) is 0 Å². The molecule has 0 radical (unpaired) electrons. The van der Waals surface area contributed by atoms with E-state index in [2.05, 4.69) is 23.5 Å². The lowest BCUT2D eigenvalue weighted by molar-refractivity contribution is 0.316. The molecule has 19 heavy (non-hydrogen) atoms. The number of hydrogen-bond donors (Lipinski definition) is 0. The SMILES string of the molecule is c1cc(C23C4CCCC2C43)sc1C12C3CCCC1C32. The van der Waals surface area contributed by atoms with Crippen LogP contribution in [-0.2, 0) is 10.8 Å². The Morgan fingerprint density at radius 3 is 1.53 bits per heavy atom. The van der Waals surface area contributed by atoms with Gasteiger partial charge in [0.2, 0.25) is 0 Å². The van der Waals surface area contributed by atoms with Crippen molar-refractivity contribution < 1.29 is 0 Å². The van der Waals surface area contributed by atoms with E-state index in [-0.39, 0.29) is 0 Å². The molecule has 0 aliphatic heterocycles. The maximum Gasteiger partial charge on any atom is 0.0144 e. The Kier molecular flexibility index (Phi) is 1.25. The van der Waals surface area contributed by atoms with Crippen LogP contribution >= 0.6 is 11.3 Å². The van der Waals surface area contributed by atoms with Crippen molar-refractivity contribution in [1.29, 1.82) is 0 Å².